The maximum atomic E-state index is 6.31. The number of halogens is 2. The van der Waals surface area contributed by atoms with Crippen molar-refractivity contribution >= 4 is 41.5 Å². The van der Waals surface area contributed by atoms with E-state index in [4.69, 9.17) is 16.3 Å². The molecule has 0 amide bonds. The molecule has 1 aliphatic heterocycles. The van der Waals surface area contributed by atoms with E-state index in [9.17, 15) is 0 Å². The fraction of sp³-hybridized carbons (Fsp3) is 0.650. The van der Waals surface area contributed by atoms with E-state index in [0.717, 1.165) is 47.8 Å². The minimum Gasteiger partial charge on any atom is -0.497 e. The van der Waals surface area contributed by atoms with E-state index in [2.05, 4.69) is 20.5 Å². The zero-order valence-electron chi connectivity index (χ0n) is 16.3. The first-order chi connectivity index (χ1) is 12.7. The van der Waals surface area contributed by atoms with Gasteiger partial charge in [0.2, 0.25) is 0 Å². The largest absolute Gasteiger partial charge is 0.497 e. The minimum atomic E-state index is 0. The summed E-state index contributed by atoms with van der Waals surface area (Å²) in [5.41, 5.74) is 1.11. The summed E-state index contributed by atoms with van der Waals surface area (Å²) in [6, 6.07) is 7.14. The zero-order chi connectivity index (χ0) is 18.4. The lowest BCUT2D eigenvalue weighted by molar-refractivity contribution is 0.242. The monoisotopic (exact) mass is 506 g/mol. The number of hydrogen-bond acceptors (Lipinski definition) is 3. The second-order valence-corrected chi connectivity index (χ2v) is 7.68. The molecule has 152 valence electrons. The molecule has 5 nitrogen and oxygen atoms in total. The van der Waals surface area contributed by atoms with Crippen molar-refractivity contribution in [2.24, 2.45) is 4.99 Å². The lowest BCUT2D eigenvalue weighted by atomic mass is 10.1. The molecule has 0 bridgehead atoms. The summed E-state index contributed by atoms with van der Waals surface area (Å²) < 4.78 is 5.20. The molecule has 27 heavy (non-hydrogen) atoms. The predicted molar refractivity (Wildman–Crippen MR) is 124 cm³/mol. The van der Waals surface area contributed by atoms with Gasteiger partial charge in [-0.2, -0.15) is 0 Å². The number of methoxy groups -OCH3 is 1. The van der Waals surface area contributed by atoms with E-state index in [1.54, 1.807) is 7.11 Å². The van der Waals surface area contributed by atoms with Gasteiger partial charge in [0, 0.05) is 43.8 Å². The van der Waals surface area contributed by atoms with Crippen LogP contribution in [0.4, 0.5) is 0 Å². The zero-order valence-corrected chi connectivity index (χ0v) is 19.4. The fourth-order valence-electron chi connectivity index (χ4n) is 4.07. The van der Waals surface area contributed by atoms with E-state index in [0.29, 0.717) is 6.04 Å². The number of ether oxygens (including phenoxy) is 1. The maximum absolute atomic E-state index is 6.31. The van der Waals surface area contributed by atoms with Gasteiger partial charge in [0.25, 0.3) is 0 Å². The lowest BCUT2D eigenvalue weighted by Gasteiger charge is -2.24. The molecule has 0 spiro atoms. The average Bonchev–Trinajstić information content (AvgIpc) is 3.33. The van der Waals surface area contributed by atoms with E-state index >= 15 is 0 Å². The van der Waals surface area contributed by atoms with Crippen LogP contribution in [-0.4, -0.2) is 56.7 Å². The van der Waals surface area contributed by atoms with Crippen LogP contribution >= 0.6 is 35.6 Å². The number of guanidine groups is 1. The van der Waals surface area contributed by atoms with Gasteiger partial charge in [0.05, 0.1) is 7.11 Å². The highest BCUT2D eigenvalue weighted by Crippen LogP contribution is 2.26. The third-order valence-electron chi connectivity index (χ3n) is 5.57. The lowest BCUT2D eigenvalue weighted by Crippen LogP contribution is -2.45. The Labute approximate surface area is 185 Å². The minimum absolute atomic E-state index is 0. The van der Waals surface area contributed by atoms with Crippen LogP contribution in [0.15, 0.2) is 23.2 Å². The van der Waals surface area contributed by atoms with Gasteiger partial charge in [-0.1, -0.05) is 30.5 Å². The standard InChI is InChI=1S/C20H31ClN4O.HI/c1-22-20(23-11-9-15-7-8-18(26-2)13-19(15)21)24-16-10-12-25(14-16)17-5-3-4-6-17;/h7-8,13,16-17H,3-6,9-12,14H2,1-2H3,(H2,22,23,24);1H. The highest BCUT2D eigenvalue weighted by molar-refractivity contribution is 14.0. The van der Waals surface area contributed by atoms with Crippen molar-refractivity contribution in [2.45, 2.75) is 50.6 Å². The van der Waals surface area contributed by atoms with Crippen molar-refractivity contribution in [3.8, 4) is 5.75 Å². The highest BCUT2D eigenvalue weighted by Gasteiger charge is 2.30. The molecule has 2 N–H and O–H groups in total. The Hall–Kier alpha value is -0.730. The number of likely N-dealkylation sites (tertiary alicyclic amines) is 1. The Morgan fingerprint density at radius 3 is 2.74 bits per heavy atom. The van der Waals surface area contributed by atoms with Gasteiger partial charge in [-0.15, -0.1) is 24.0 Å². The number of nitrogens with one attached hydrogen (secondary N) is 2. The molecule has 1 aliphatic carbocycles. The quantitative estimate of drug-likeness (QED) is 0.351. The summed E-state index contributed by atoms with van der Waals surface area (Å²) >= 11 is 6.31. The van der Waals surface area contributed by atoms with E-state index < -0.39 is 0 Å². The SMILES string of the molecule is CN=C(NCCc1ccc(OC)cc1Cl)NC1CCN(C2CCCC2)C1.I. The third kappa shape index (κ3) is 6.39. The van der Waals surface area contributed by atoms with E-state index in [-0.39, 0.29) is 24.0 Å². The van der Waals surface area contributed by atoms with Crippen LogP contribution < -0.4 is 15.4 Å². The summed E-state index contributed by atoms with van der Waals surface area (Å²) in [4.78, 5) is 7.04. The van der Waals surface area contributed by atoms with Crippen molar-refractivity contribution in [1.29, 1.82) is 0 Å². The van der Waals surface area contributed by atoms with Crippen molar-refractivity contribution in [1.82, 2.24) is 15.5 Å². The van der Waals surface area contributed by atoms with Crippen molar-refractivity contribution in [3.63, 3.8) is 0 Å². The molecule has 1 aromatic rings. The Bertz CT molecular complexity index is 622. The van der Waals surface area contributed by atoms with Crippen LogP contribution in [-0.2, 0) is 6.42 Å². The van der Waals surface area contributed by atoms with Crippen LogP contribution in [0.1, 0.15) is 37.7 Å². The van der Waals surface area contributed by atoms with Gasteiger partial charge in [0.1, 0.15) is 5.75 Å². The first-order valence-electron chi connectivity index (χ1n) is 9.73. The molecule has 2 aliphatic rings. The van der Waals surface area contributed by atoms with Crippen molar-refractivity contribution < 1.29 is 4.74 Å². The average molecular weight is 507 g/mol. The molecule has 3 rings (SSSR count). The van der Waals surface area contributed by atoms with Crippen molar-refractivity contribution in [2.75, 3.05) is 33.8 Å². The van der Waals surface area contributed by atoms with Gasteiger partial charge in [0.15, 0.2) is 5.96 Å². The molecule has 0 aromatic heterocycles. The number of aliphatic imine (C=N–C) groups is 1. The molecule has 1 saturated carbocycles. The molecule has 1 saturated heterocycles. The molecule has 1 unspecified atom stereocenters. The van der Waals surface area contributed by atoms with Crippen LogP contribution in [0.5, 0.6) is 5.75 Å². The van der Waals surface area contributed by atoms with Gasteiger partial charge in [-0.05, 0) is 43.4 Å². The molecule has 1 heterocycles. The molecule has 1 aromatic carbocycles. The second-order valence-electron chi connectivity index (χ2n) is 7.27. The molecule has 2 fully saturated rings. The molecule has 0 radical (unpaired) electrons. The molecule has 7 heteroatoms. The first kappa shape index (κ1) is 22.6. The Kier molecular flexibility index (Phi) is 9.45. The Morgan fingerprint density at radius 2 is 2.07 bits per heavy atom. The predicted octanol–water partition coefficient (Wildman–Crippen LogP) is 3.69. The summed E-state index contributed by atoms with van der Waals surface area (Å²) in [6.07, 6.45) is 7.60. The van der Waals surface area contributed by atoms with Gasteiger partial charge < -0.3 is 15.4 Å². The van der Waals surface area contributed by atoms with Gasteiger partial charge >= 0.3 is 0 Å². The summed E-state index contributed by atoms with van der Waals surface area (Å²) in [5.74, 6) is 1.67. The van der Waals surface area contributed by atoms with Gasteiger partial charge in [-0.25, -0.2) is 0 Å². The summed E-state index contributed by atoms with van der Waals surface area (Å²) in [5, 5.41) is 7.75. The normalized spacial score (nSPS) is 21.1. The van der Waals surface area contributed by atoms with Crippen LogP contribution in [0.25, 0.3) is 0 Å². The van der Waals surface area contributed by atoms with E-state index in [1.807, 2.05) is 25.2 Å². The summed E-state index contributed by atoms with van der Waals surface area (Å²) in [7, 11) is 3.48. The molecule has 1 atom stereocenters. The van der Waals surface area contributed by atoms with Gasteiger partial charge in [-0.3, -0.25) is 9.89 Å². The highest BCUT2D eigenvalue weighted by atomic mass is 127. The van der Waals surface area contributed by atoms with Crippen molar-refractivity contribution in [3.05, 3.63) is 28.8 Å². The topological polar surface area (TPSA) is 48.9 Å². The number of nitrogens with zero attached hydrogens (tertiary/aromatic N) is 2. The van der Waals surface area contributed by atoms with E-state index in [1.165, 1.54) is 38.6 Å². The first-order valence-corrected chi connectivity index (χ1v) is 10.1. The molecular formula is C20H32ClIN4O. The number of hydrogen-bond donors (Lipinski definition) is 2. The van der Waals surface area contributed by atoms with Crippen LogP contribution in [0.3, 0.4) is 0 Å². The number of rotatable bonds is 6. The molecular weight excluding hydrogens is 475 g/mol. The second kappa shape index (κ2) is 11.3. The third-order valence-corrected chi connectivity index (χ3v) is 5.92. The van der Waals surface area contributed by atoms with Crippen LogP contribution in [0.2, 0.25) is 5.02 Å². The number of benzene rings is 1. The Morgan fingerprint density at radius 1 is 1.30 bits per heavy atom. The smallest absolute Gasteiger partial charge is 0.191 e. The maximum Gasteiger partial charge on any atom is 0.191 e. The summed E-state index contributed by atoms with van der Waals surface area (Å²) in [6.45, 7) is 3.14. The van der Waals surface area contributed by atoms with Crippen LogP contribution in [0, 0.1) is 0 Å². The Balaban J connectivity index is 0.00000261. The fourth-order valence-corrected chi connectivity index (χ4v) is 4.33.